The average molecular weight is 222 g/mol. The molecule has 3 N–H and O–H groups in total. The van der Waals surface area contributed by atoms with E-state index < -0.39 is 6.09 Å². The lowest BCUT2D eigenvalue weighted by atomic mass is 10.1. The minimum absolute atomic E-state index is 0.0845. The van der Waals surface area contributed by atoms with Crippen LogP contribution in [0.15, 0.2) is 24.3 Å². The van der Waals surface area contributed by atoms with Gasteiger partial charge in [0.15, 0.2) is 0 Å². The van der Waals surface area contributed by atoms with Crippen LogP contribution in [0.2, 0.25) is 0 Å². The van der Waals surface area contributed by atoms with Gasteiger partial charge in [-0.3, -0.25) is 4.79 Å². The first-order valence-electron chi connectivity index (χ1n) is 4.82. The van der Waals surface area contributed by atoms with Crippen LogP contribution in [0.25, 0.3) is 0 Å². The van der Waals surface area contributed by atoms with Gasteiger partial charge in [0.2, 0.25) is 5.91 Å². The number of nitrogens with one attached hydrogen (secondary N) is 1. The molecule has 0 radical (unpaired) electrons. The third-order valence-electron chi connectivity index (χ3n) is 1.91. The fourth-order valence-corrected chi connectivity index (χ4v) is 1.21. The highest BCUT2D eigenvalue weighted by Crippen LogP contribution is 2.06. The number of hydrogen-bond acceptors (Lipinski definition) is 3. The minimum atomic E-state index is -0.799. The first-order valence-corrected chi connectivity index (χ1v) is 4.82. The SMILES string of the molecule is CC(=O)NCc1cccc(COC(N)=O)c1. The number of nitrogens with two attached hydrogens (primary N) is 1. The molecule has 86 valence electrons. The second-order valence-electron chi connectivity index (χ2n) is 3.34. The largest absolute Gasteiger partial charge is 0.445 e. The fraction of sp³-hybridized carbons (Fsp3) is 0.273. The van der Waals surface area contributed by atoms with Crippen LogP contribution in [0.1, 0.15) is 18.1 Å². The zero-order valence-electron chi connectivity index (χ0n) is 9.03. The number of hydrogen-bond donors (Lipinski definition) is 2. The summed E-state index contributed by atoms with van der Waals surface area (Å²) < 4.78 is 4.66. The van der Waals surface area contributed by atoms with Crippen molar-refractivity contribution in [1.29, 1.82) is 0 Å². The summed E-state index contributed by atoms with van der Waals surface area (Å²) in [6, 6.07) is 7.37. The molecule has 0 aliphatic rings. The highest BCUT2D eigenvalue weighted by molar-refractivity contribution is 5.72. The Hall–Kier alpha value is -2.04. The molecule has 0 unspecified atom stereocenters. The lowest BCUT2D eigenvalue weighted by molar-refractivity contribution is -0.119. The van der Waals surface area contributed by atoms with Gasteiger partial charge < -0.3 is 15.8 Å². The summed E-state index contributed by atoms with van der Waals surface area (Å²) in [5.41, 5.74) is 6.64. The molecular formula is C11H14N2O3. The summed E-state index contributed by atoms with van der Waals surface area (Å²) in [6.07, 6.45) is -0.799. The Kier molecular flexibility index (Phi) is 4.32. The molecule has 0 aliphatic heterocycles. The van der Waals surface area contributed by atoms with Crippen molar-refractivity contribution in [2.75, 3.05) is 0 Å². The van der Waals surface area contributed by atoms with Gasteiger partial charge in [-0.25, -0.2) is 4.79 Å². The maximum Gasteiger partial charge on any atom is 0.404 e. The monoisotopic (exact) mass is 222 g/mol. The van der Waals surface area contributed by atoms with Crippen LogP contribution in [0.3, 0.4) is 0 Å². The number of amides is 2. The van der Waals surface area contributed by atoms with Gasteiger partial charge >= 0.3 is 6.09 Å². The molecule has 1 aromatic rings. The first kappa shape index (κ1) is 12.0. The van der Waals surface area contributed by atoms with Crippen molar-refractivity contribution in [3.05, 3.63) is 35.4 Å². The topological polar surface area (TPSA) is 81.4 Å². The van der Waals surface area contributed by atoms with E-state index in [-0.39, 0.29) is 12.5 Å². The molecule has 0 saturated heterocycles. The Morgan fingerprint density at radius 3 is 2.69 bits per heavy atom. The number of rotatable bonds is 4. The molecule has 1 rings (SSSR count). The van der Waals surface area contributed by atoms with E-state index in [1.807, 2.05) is 24.3 Å². The smallest absolute Gasteiger partial charge is 0.404 e. The third kappa shape index (κ3) is 4.45. The van der Waals surface area contributed by atoms with Crippen molar-refractivity contribution >= 4 is 12.0 Å². The van der Waals surface area contributed by atoms with Gasteiger partial charge in [-0.15, -0.1) is 0 Å². The molecule has 0 saturated carbocycles. The molecule has 5 heteroatoms. The standard InChI is InChI=1S/C11H14N2O3/c1-8(14)13-6-9-3-2-4-10(5-9)7-16-11(12)15/h2-5H,6-7H2,1H3,(H2,12,15)(H,13,14). The van der Waals surface area contributed by atoms with Crippen molar-refractivity contribution < 1.29 is 14.3 Å². The van der Waals surface area contributed by atoms with Gasteiger partial charge in [-0.1, -0.05) is 24.3 Å². The number of carbonyl (C=O) groups excluding carboxylic acids is 2. The average Bonchev–Trinajstić information content (AvgIpc) is 2.24. The Morgan fingerprint density at radius 2 is 2.06 bits per heavy atom. The summed E-state index contributed by atoms with van der Waals surface area (Å²) in [4.78, 5) is 21.1. The first-order chi connectivity index (χ1) is 7.58. The van der Waals surface area contributed by atoms with Crippen LogP contribution in [0, 0.1) is 0 Å². The highest BCUT2D eigenvalue weighted by atomic mass is 16.5. The van der Waals surface area contributed by atoms with Crippen LogP contribution in [0.5, 0.6) is 0 Å². The van der Waals surface area contributed by atoms with Crippen LogP contribution in [-0.4, -0.2) is 12.0 Å². The molecule has 2 amide bonds. The van der Waals surface area contributed by atoms with Crippen LogP contribution in [0.4, 0.5) is 4.79 Å². The van der Waals surface area contributed by atoms with Crippen LogP contribution >= 0.6 is 0 Å². The van der Waals surface area contributed by atoms with E-state index in [0.717, 1.165) is 11.1 Å². The van der Waals surface area contributed by atoms with Gasteiger partial charge in [0.25, 0.3) is 0 Å². The number of carbonyl (C=O) groups is 2. The summed E-state index contributed by atoms with van der Waals surface area (Å²) >= 11 is 0. The highest BCUT2D eigenvalue weighted by Gasteiger charge is 1.99. The Balaban J connectivity index is 2.56. The molecule has 0 aliphatic carbocycles. The summed E-state index contributed by atoms with van der Waals surface area (Å²) in [6.45, 7) is 2.06. The molecule has 1 aromatic carbocycles. The maximum absolute atomic E-state index is 10.7. The van der Waals surface area contributed by atoms with E-state index in [9.17, 15) is 9.59 Å². The number of benzene rings is 1. The Morgan fingerprint density at radius 1 is 1.38 bits per heavy atom. The van der Waals surface area contributed by atoms with Gasteiger partial charge in [0.1, 0.15) is 6.61 Å². The second-order valence-corrected chi connectivity index (χ2v) is 3.34. The van der Waals surface area contributed by atoms with Crippen LogP contribution in [-0.2, 0) is 22.7 Å². The van der Waals surface area contributed by atoms with Crippen molar-refractivity contribution in [2.24, 2.45) is 5.73 Å². The van der Waals surface area contributed by atoms with Crippen molar-refractivity contribution in [1.82, 2.24) is 5.32 Å². The predicted octanol–water partition coefficient (Wildman–Crippen LogP) is 0.918. The van der Waals surface area contributed by atoms with Crippen LogP contribution < -0.4 is 11.1 Å². The van der Waals surface area contributed by atoms with Gasteiger partial charge in [0, 0.05) is 13.5 Å². The normalized spacial score (nSPS) is 9.56. The lowest BCUT2D eigenvalue weighted by Crippen LogP contribution is -2.19. The number of primary amides is 1. The molecular weight excluding hydrogens is 208 g/mol. The van der Waals surface area contributed by atoms with E-state index in [1.54, 1.807) is 0 Å². The van der Waals surface area contributed by atoms with Gasteiger partial charge in [-0.05, 0) is 11.1 Å². The van der Waals surface area contributed by atoms with Crippen molar-refractivity contribution in [3.8, 4) is 0 Å². The number of ether oxygens (including phenoxy) is 1. The Bertz CT molecular complexity index is 357. The molecule has 0 atom stereocenters. The van der Waals surface area contributed by atoms with Crippen molar-refractivity contribution in [3.63, 3.8) is 0 Å². The zero-order chi connectivity index (χ0) is 12.0. The molecule has 0 aromatic heterocycles. The van der Waals surface area contributed by atoms with Gasteiger partial charge in [0.05, 0.1) is 0 Å². The fourth-order valence-electron chi connectivity index (χ4n) is 1.21. The van der Waals surface area contributed by atoms with E-state index in [4.69, 9.17) is 5.73 Å². The predicted molar refractivity (Wildman–Crippen MR) is 58.3 cm³/mol. The second kappa shape index (κ2) is 5.75. The zero-order valence-corrected chi connectivity index (χ0v) is 9.03. The lowest BCUT2D eigenvalue weighted by Gasteiger charge is -2.05. The van der Waals surface area contributed by atoms with Crippen molar-refractivity contribution in [2.45, 2.75) is 20.1 Å². The minimum Gasteiger partial charge on any atom is -0.445 e. The molecule has 0 bridgehead atoms. The molecule has 0 heterocycles. The van der Waals surface area contributed by atoms with E-state index >= 15 is 0 Å². The van der Waals surface area contributed by atoms with E-state index in [0.29, 0.717) is 6.54 Å². The van der Waals surface area contributed by atoms with E-state index in [2.05, 4.69) is 10.1 Å². The molecule has 5 nitrogen and oxygen atoms in total. The van der Waals surface area contributed by atoms with E-state index in [1.165, 1.54) is 6.92 Å². The van der Waals surface area contributed by atoms with Gasteiger partial charge in [-0.2, -0.15) is 0 Å². The summed E-state index contributed by atoms with van der Waals surface area (Å²) in [5, 5.41) is 2.68. The summed E-state index contributed by atoms with van der Waals surface area (Å²) in [5.74, 6) is -0.0845. The molecule has 0 fully saturated rings. The Labute approximate surface area is 93.6 Å². The molecule has 0 spiro atoms. The molecule has 16 heavy (non-hydrogen) atoms. The maximum atomic E-state index is 10.7. The summed E-state index contributed by atoms with van der Waals surface area (Å²) in [7, 11) is 0. The quantitative estimate of drug-likeness (QED) is 0.794. The third-order valence-corrected chi connectivity index (χ3v) is 1.91.